The van der Waals surface area contributed by atoms with E-state index < -0.39 is 23.5 Å². The van der Waals surface area contributed by atoms with Gasteiger partial charge in [-0.25, -0.2) is 0 Å². The van der Waals surface area contributed by atoms with Crippen LogP contribution in [0.15, 0.2) is 63.1 Å². The molecule has 0 radical (unpaired) electrons. The number of nitrogens with one attached hydrogen (secondary N) is 1. The Morgan fingerprint density at radius 3 is 2.57 bits per heavy atom. The zero-order chi connectivity index (χ0) is 25.3. The predicted octanol–water partition coefficient (Wildman–Crippen LogP) is 5.90. The van der Waals surface area contributed by atoms with Crippen LogP contribution in [0.5, 0.6) is 0 Å². The molecule has 2 atom stereocenters. The average Bonchev–Trinajstić information content (AvgIpc) is 3.34. The molecule has 2 aliphatic heterocycles. The lowest BCUT2D eigenvalue weighted by molar-refractivity contribution is -0.119. The van der Waals surface area contributed by atoms with Crippen LogP contribution < -0.4 is 5.32 Å². The molecule has 1 aliphatic carbocycles. The van der Waals surface area contributed by atoms with E-state index in [0.29, 0.717) is 23.3 Å². The molecule has 0 amide bonds. The normalized spacial score (nSPS) is 25.6. The number of fused-ring (bicyclic) bond motifs is 1. The molecule has 0 spiro atoms. The molecule has 1 unspecified atom stereocenters. The second-order valence-electron chi connectivity index (χ2n) is 10.5. The van der Waals surface area contributed by atoms with Crippen molar-refractivity contribution in [2.45, 2.75) is 64.7 Å². The van der Waals surface area contributed by atoms with Gasteiger partial charge in [-0.15, -0.1) is 5.11 Å². The Balaban J connectivity index is 1.83. The maximum atomic E-state index is 14.2. The highest BCUT2D eigenvalue weighted by Gasteiger charge is 2.57. The summed E-state index contributed by atoms with van der Waals surface area (Å²) in [5.74, 6) is -0.133. The van der Waals surface area contributed by atoms with Crippen LogP contribution in [0, 0.1) is 12.3 Å². The summed E-state index contributed by atoms with van der Waals surface area (Å²) < 4.78 is 44.4. The van der Waals surface area contributed by atoms with Crippen molar-refractivity contribution in [1.29, 1.82) is 0 Å². The SMILES string of the molecule is CC[C@]1(c2cccc(-c3cc(C)nn3C)c2)C2=C(CC(C)(C)CC2=O)NC2N=NC(C(F)(F)F)=C21. The number of alkyl halides is 3. The predicted molar refractivity (Wildman–Crippen MR) is 125 cm³/mol. The van der Waals surface area contributed by atoms with Gasteiger partial charge >= 0.3 is 6.18 Å². The number of benzene rings is 1. The molecule has 1 N–H and O–H groups in total. The van der Waals surface area contributed by atoms with E-state index in [-0.39, 0.29) is 29.6 Å². The molecular weight excluding hydrogens is 455 g/mol. The maximum Gasteiger partial charge on any atom is 0.435 e. The summed E-state index contributed by atoms with van der Waals surface area (Å²) in [4.78, 5) is 13.7. The number of rotatable bonds is 3. The molecule has 3 heterocycles. The first kappa shape index (κ1) is 23.5. The van der Waals surface area contributed by atoms with Crippen molar-refractivity contribution < 1.29 is 18.0 Å². The van der Waals surface area contributed by atoms with Gasteiger partial charge in [-0.2, -0.15) is 23.4 Å². The number of allylic oxidation sites excluding steroid dienone is 3. The van der Waals surface area contributed by atoms with E-state index in [1.165, 1.54) is 0 Å². The molecular formula is C26H28F3N5O. The van der Waals surface area contributed by atoms with Crippen molar-refractivity contribution in [2.24, 2.45) is 22.7 Å². The van der Waals surface area contributed by atoms with Crippen molar-refractivity contribution in [3.8, 4) is 11.3 Å². The number of carbonyl (C=O) groups excluding carboxylic acids is 1. The molecule has 5 rings (SSSR count). The average molecular weight is 484 g/mol. The van der Waals surface area contributed by atoms with Crippen molar-refractivity contribution in [3.05, 3.63) is 64.1 Å². The van der Waals surface area contributed by atoms with Crippen LogP contribution in [0.4, 0.5) is 13.2 Å². The number of aromatic nitrogens is 2. The highest BCUT2D eigenvalue weighted by atomic mass is 19.4. The van der Waals surface area contributed by atoms with Gasteiger partial charge in [0, 0.05) is 35.9 Å². The van der Waals surface area contributed by atoms with Crippen LogP contribution >= 0.6 is 0 Å². The minimum absolute atomic E-state index is 0.0117. The molecule has 35 heavy (non-hydrogen) atoms. The molecule has 9 heteroatoms. The summed E-state index contributed by atoms with van der Waals surface area (Å²) in [5, 5.41) is 15.2. The maximum absolute atomic E-state index is 14.2. The van der Waals surface area contributed by atoms with E-state index in [9.17, 15) is 18.0 Å². The topological polar surface area (TPSA) is 71.6 Å². The van der Waals surface area contributed by atoms with Crippen molar-refractivity contribution >= 4 is 5.78 Å². The smallest absolute Gasteiger partial charge is 0.362 e. The summed E-state index contributed by atoms with van der Waals surface area (Å²) in [6.07, 6.45) is -4.57. The fourth-order valence-electron chi connectivity index (χ4n) is 6.04. The Bertz CT molecular complexity index is 1330. The number of nitrogens with zero attached hydrogens (tertiary/aromatic N) is 4. The standard InChI is InChI=1S/C26H28F3N5O/c1-6-25(16-9-7-8-15(11-16)18-10-14(2)33-34(18)5)20-17(12-24(3,4)13-19(20)35)30-23-21(25)22(31-32-23)26(27,28)29/h7-11,23,30H,6,12-13H2,1-5H3/t23?,25-/m0/s1. The minimum atomic E-state index is -4.69. The van der Waals surface area contributed by atoms with Crippen molar-refractivity contribution in [1.82, 2.24) is 15.1 Å². The van der Waals surface area contributed by atoms with Crippen LogP contribution in [0.1, 0.15) is 51.3 Å². The lowest BCUT2D eigenvalue weighted by Gasteiger charge is -2.48. The van der Waals surface area contributed by atoms with Gasteiger partial charge in [-0.1, -0.05) is 39.0 Å². The Morgan fingerprint density at radius 1 is 1.20 bits per heavy atom. The number of ketones is 1. The second kappa shape index (κ2) is 7.63. The van der Waals surface area contributed by atoms with E-state index in [4.69, 9.17) is 0 Å². The zero-order valence-electron chi connectivity index (χ0n) is 20.4. The van der Waals surface area contributed by atoms with Crippen LogP contribution in [-0.4, -0.2) is 27.9 Å². The van der Waals surface area contributed by atoms with Gasteiger partial charge in [0.25, 0.3) is 0 Å². The van der Waals surface area contributed by atoms with E-state index in [0.717, 1.165) is 17.0 Å². The van der Waals surface area contributed by atoms with Gasteiger partial charge in [0.15, 0.2) is 17.6 Å². The number of hydrogen-bond acceptors (Lipinski definition) is 5. The Morgan fingerprint density at radius 2 is 1.94 bits per heavy atom. The second-order valence-corrected chi connectivity index (χ2v) is 10.5. The third kappa shape index (κ3) is 3.54. The number of aryl methyl sites for hydroxylation is 2. The van der Waals surface area contributed by atoms with Crippen LogP contribution in [0.25, 0.3) is 11.3 Å². The zero-order valence-corrected chi connectivity index (χ0v) is 20.4. The molecule has 2 aromatic rings. The van der Waals surface area contributed by atoms with Crippen LogP contribution in [-0.2, 0) is 17.3 Å². The van der Waals surface area contributed by atoms with Crippen LogP contribution in [0.2, 0.25) is 0 Å². The third-order valence-electron chi connectivity index (χ3n) is 7.33. The highest BCUT2D eigenvalue weighted by molar-refractivity contribution is 6.01. The van der Waals surface area contributed by atoms with E-state index in [1.54, 1.807) is 4.68 Å². The fraction of sp³-hybridized carbons (Fsp3) is 0.462. The first-order valence-electron chi connectivity index (χ1n) is 11.7. The monoisotopic (exact) mass is 483 g/mol. The third-order valence-corrected chi connectivity index (χ3v) is 7.33. The summed E-state index contributed by atoms with van der Waals surface area (Å²) in [6, 6.07) is 9.37. The van der Waals surface area contributed by atoms with Crippen molar-refractivity contribution in [2.75, 3.05) is 0 Å². The van der Waals surface area contributed by atoms with Crippen LogP contribution in [0.3, 0.4) is 0 Å². The van der Waals surface area contributed by atoms with Crippen molar-refractivity contribution in [3.63, 3.8) is 0 Å². The summed E-state index contributed by atoms with van der Waals surface area (Å²) >= 11 is 0. The number of carbonyl (C=O) groups is 1. The minimum Gasteiger partial charge on any atom is -0.362 e. The van der Waals surface area contributed by atoms with E-state index >= 15 is 0 Å². The summed E-state index contributed by atoms with van der Waals surface area (Å²) in [6.45, 7) is 7.72. The lowest BCUT2D eigenvalue weighted by atomic mass is 9.58. The molecule has 1 aromatic carbocycles. The molecule has 0 saturated heterocycles. The number of azo groups is 1. The molecule has 0 saturated carbocycles. The molecule has 6 nitrogen and oxygen atoms in total. The molecule has 184 valence electrons. The van der Waals surface area contributed by atoms with Gasteiger partial charge in [-0.05, 0) is 42.9 Å². The molecule has 0 fully saturated rings. The number of hydrogen-bond donors (Lipinski definition) is 1. The van der Waals surface area contributed by atoms with Gasteiger partial charge in [0.1, 0.15) is 0 Å². The Kier molecular flexibility index (Phi) is 5.13. The largest absolute Gasteiger partial charge is 0.435 e. The molecule has 1 aromatic heterocycles. The summed E-state index contributed by atoms with van der Waals surface area (Å²) in [5.41, 5.74) is 1.62. The van der Waals surface area contributed by atoms with E-state index in [1.807, 2.05) is 65.1 Å². The fourth-order valence-corrected chi connectivity index (χ4v) is 6.04. The first-order valence-corrected chi connectivity index (χ1v) is 11.7. The Hall–Kier alpha value is -3.23. The number of halogens is 3. The van der Waals surface area contributed by atoms with Gasteiger partial charge in [0.2, 0.25) is 0 Å². The Labute approximate surface area is 202 Å². The molecule has 3 aliphatic rings. The lowest BCUT2D eigenvalue weighted by Crippen LogP contribution is -2.52. The first-order chi connectivity index (χ1) is 16.4. The summed E-state index contributed by atoms with van der Waals surface area (Å²) in [7, 11) is 1.83. The van der Waals surface area contributed by atoms with Gasteiger partial charge in [0.05, 0.1) is 16.8 Å². The highest BCUT2D eigenvalue weighted by Crippen LogP contribution is 2.56. The quantitative estimate of drug-likeness (QED) is 0.591. The number of Topliss-reactive ketones (excluding diaryl/α,β-unsaturated/α-hetero) is 1. The molecule has 0 bridgehead atoms. The van der Waals surface area contributed by atoms with Gasteiger partial charge < -0.3 is 5.32 Å². The van der Waals surface area contributed by atoms with E-state index in [2.05, 4.69) is 20.6 Å². The van der Waals surface area contributed by atoms with Gasteiger partial charge in [-0.3, -0.25) is 9.48 Å².